The van der Waals surface area contributed by atoms with Gasteiger partial charge in [0.15, 0.2) is 0 Å². The fourth-order valence-corrected chi connectivity index (χ4v) is 2.79. The lowest BCUT2D eigenvalue weighted by Gasteiger charge is -2.07. The van der Waals surface area contributed by atoms with Gasteiger partial charge in [0.25, 0.3) is 0 Å². The zero-order valence-electron chi connectivity index (χ0n) is 13.2. The number of nitrogens with one attached hydrogen (secondary N) is 2. The van der Waals surface area contributed by atoms with Gasteiger partial charge >= 0.3 is 11.8 Å². The summed E-state index contributed by atoms with van der Waals surface area (Å²) in [5, 5.41) is 3.72. The predicted molar refractivity (Wildman–Crippen MR) is 88.7 cm³/mol. The maximum absolute atomic E-state index is 12.2. The van der Waals surface area contributed by atoms with Crippen LogP contribution >= 0.6 is 0 Å². The molecular weight excluding hydrogens is 348 g/mol. The zero-order chi connectivity index (χ0) is 18.4. The van der Waals surface area contributed by atoms with Gasteiger partial charge in [-0.1, -0.05) is 12.1 Å². The quantitative estimate of drug-likeness (QED) is 0.378. The SMILES string of the molecule is C/C(=N\NC(=O)C(N)=O)c1ccc(S(=O)(=O)NCc2ccco2)cc1. The third kappa shape index (κ3) is 4.99. The number of rotatable bonds is 6. The number of nitrogens with zero attached hydrogens (tertiary/aromatic N) is 1. The van der Waals surface area contributed by atoms with E-state index >= 15 is 0 Å². The second kappa shape index (κ2) is 7.73. The lowest BCUT2D eigenvalue weighted by Crippen LogP contribution is -2.33. The minimum Gasteiger partial charge on any atom is -0.468 e. The second-order valence-corrected chi connectivity index (χ2v) is 6.70. The van der Waals surface area contributed by atoms with Crippen LogP contribution in [0.5, 0.6) is 0 Å². The van der Waals surface area contributed by atoms with E-state index in [-0.39, 0.29) is 11.4 Å². The molecular formula is C15H16N4O5S. The number of carbonyl (C=O) groups is 2. The summed E-state index contributed by atoms with van der Waals surface area (Å²) < 4.78 is 31.9. The van der Waals surface area contributed by atoms with Crippen molar-refractivity contribution in [2.24, 2.45) is 10.8 Å². The van der Waals surface area contributed by atoms with Gasteiger partial charge in [0, 0.05) is 0 Å². The van der Waals surface area contributed by atoms with E-state index in [2.05, 4.69) is 9.82 Å². The van der Waals surface area contributed by atoms with E-state index in [4.69, 9.17) is 10.2 Å². The first-order chi connectivity index (χ1) is 11.8. The molecule has 1 heterocycles. The van der Waals surface area contributed by atoms with Gasteiger partial charge in [-0.2, -0.15) is 5.10 Å². The molecule has 0 aliphatic carbocycles. The van der Waals surface area contributed by atoms with Gasteiger partial charge < -0.3 is 10.2 Å². The van der Waals surface area contributed by atoms with Gasteiger partial charge in [-0.25, -0.2) is 18.6 Å². The first kappa shape index (κ1) is 18.4. The number of hydrazone groups is 1. The Morgan fingerprint density at radius 2 is 1.88 bits per heavy atom. The van der Waals surface area contributed by atoms with E-state index < -0.39 is 21.8 Å². The van der Waals surface area contributed by atoms with Crippen LogP contribution in [0.2, 0.25) is 0 Å². The summed E-state index contributed by atoms with van der Waals surface area (Å²) in [6.45, 7) is 1.62. The number of benzene rings is 1. The number of hydrogen-bond donors (Lipinski definition) is 3. The summed E-state index contributed by atoms with van der Waals surface area (Å²) in [6, 6.07) is 9.17. The Kier molecular flexibility index (Phi) is 5.67. The molecule has 1 aromatic carbocycles. The van der Waals surface area contributed by atoms with Crippen LogP contribution in [0, 0.1) is 0 Å². The highest BCUT2D eigenvalue weighted by Crippen LogP contribution is 2.12. The minimum atomic E-state index is -3.70. The Morgan fingerprint density at radius 3 is 2.44 bits per heavy atom. The van der Waals surface area contributed by atoms with Gasteiger partial charge in [0.1, 0.15) is 5.76 Å². The molecule has 4 N–H and O–H groups in total. The number of hydrogen-bond acceptors (Lipinski definition) is 6. The van der Waals surface area contributed by atoms with Crippen LogP contribution < -0.4 is 15.9 Å². The molecule has 0 unspecified atom stereocenters. The summed E-state index contributed by atoms with van der Waals surface area (Å²) in [5.41, 5.74) is 7.73. The average Bonchev–Trinajstić information content (AvgIpc) is 3.11. The lowest BCUT2D eigenvalue weighted by atomic mass is 10.1. The van der Waals surface area contributed by atoms with Crippen molar-refractivity contribution in [3.8, 4) is 0 Å². The van der Waals surface area contributed by atoms with Crippen molar-refractivity contribution in [2.75, 3.05) is 0 Å². The van der Waals surface area contributed by atoms with E-state index in [1.54, 1.807) is 19.1 Å². The molecule has 0 spiro atoms. The highest BCUT2D eigenvalue weighted by molar-refractivity contribution is 7.89. The molecule has 2 aromatic rings. The first-order valence-corrected chi connectivity index (χ1v) is 8.54. The van der Waals surface area contributed by atoms with Crippen LogP contribution in [0.25, 0.3) is 0 Å². The molecule has 132 valence electrons. The summed E-state index contributed by atoms with van der Waals surface area (Å²) in [7, 11) is -3.70. The Labute approximate surface area is 143 Å². The number of carbonyl (C=O) groups excluding carboxylic acids is 2. The Morgan fingerprint density at radius 1 is 1.20 bits per heavy atom. The van der Waals surface area contributed by atoms with Crippen molar-refractivity contribution in [3.63, 3.8) is 0 Å². The molecule has 10 heteroatoms. The van der Waals surface area contributed by atoms with Crippen molar-refractivity contribution in [2.45, 2.75) is 18.4 Å². The number of amides is 2. The number of nitrogens with two attached hydrogens (primary N) is 1. The molecule has 0 aliphatic heterocycles. The predicted octanol–water partition coefficient (Wildman–Crippen LogP) is 0.0836. The van der Waals surface area contributed by atoms with Crippen molar-refractivity contribution in [3.05, 3.63) is 54.0 Å². The third-order valence-electron chi connectivity index (χ3n) is 3.15. The standard InChI is InChI=1S/C15H16N4O5S/c1-10(18-19-15(21)14(16)20)11-4-6-13(7-5-11)25(22,23)17-9-12-3-2-8-24-12/h2-8,17H,9H2,1H3,(H2,16,20)(H,19,21)/b18-10+. The van der Waals surface area contributed by atoms with Crippen LogP contribution in [-0.4, -0.2) is 25.9 Å². The van der Waals surface area contributed by atoms with E-state index in [0.717, 1.165) is 0 Å². The molecule has 0 saturated heterocycles. The third-order valence-corrected chi connectivity index (χ3v) is 4.57. The summed E-state index contributed by atoms with van der Waals surface area (Å²) in [6.07, 6.45) is 1.46. The lowest BCUT2D eigenvalue weighted by molar-refractivity contribution is -0.137. The van der Waals surface area contributed by atoms with Crippen LogP contribution in [0.15, 0.2) is 57.1 Å². The fourth-order valence-electron chi connectivity index (χ4n) is 1.79. The normalized spacial score (nSPS) is 12.0. The van der Waals surface area contributed by atoms with Crippen molar-refractivity contribution in [1.82, 2.24) is 10.1 Å². The maximum atomic E-state index is 12.2. The molecule has 0 fully saturated rings. The van der Waals surface area contributed by atoms with Gasteiger partial charge in [0.2, 0.25) is 10.0 Å². The fraction of sp³-hybridized carbons (Fsp3) is 0.133. The van der Waals surface area contributed by atoms with Crippen molar-refractivity contribution in [1.29, 1.82) is 0 Å². The molecule has 1 aromatic heterocycles. The Bertz CT molecular complexity index is 887. The molecule has 0 aliphatic rings. The Balaban J connectivity index is 2.06. The molecule has 0 saturated carbocycles. The number of primary amides is 1. The molecule has 2 amide bonds. The van der Waals surface area contributed by atoms with Crippen molar-refractivity contribution >= 4 is 27.5 Å². The van der Waals surface area contributed by atoms with E-state index in [1.165, 1.54) is 30.5 Å². The largest absolute Gasteiger partial charge is 0.468 e. The Hall–Kier alpha value is -2.98. The minimum absolute atomic E-state index is 0.0384. The van der Waals surface area contributed by atoms with Crippen LogP contribution in [0.1, 0.15) is 18.2 Å². The molecule has 2 rings (SSSR count). The summed E-state index contributed by atoms with van der Waals surface area (Å²) >= 11 is 0. The maximum Gasteiger partial charge on any atom is 0.329 e. The first-order valence-electron chi connectivity index (χ1n) is 7.06. The van der Waals surface area contributed by atoms with Gasteiger partial charge in [-0.3, -0.25) is 9.59 Å². The smallest absolute Gasteiger partial charge is 0.329 e. The topological polar surface area (TPSA) is 144 Å². The molecule has 0 radical (unpaired) electrons. The van der Waals surface area contributed by atoms with E-state index in [9.17, 15) is 18.0 Å². The average molecular weight is 364 g/mol. The molecule has 0 bridgehead atoms. The van der Waals surface area contributed by atoms with E-state index in [1.807, 2.05) is 5.43 Å². The van der Waals surface area contributed by atoms with Gasteiger partial charge in [0.05, 0.1) is 23.4 Å². The monoisotopic (exact) mass is 364 g/mol. The zero-order valence-corrected chi connectivity index (χ0v) is 14.0. The van der Waals surface area contributed by atoms with Gasteiger partial charge in [-0.05, 0) is 36.8 Å². The summed E-state index contributed by atoms with van der Waals surface area (Å²) in [4.78, 5) is 21.7. The van der Waals surface area contributed by atoms with Crippen molar-refractivity contribution < 1.29 is 22.4 Å². The number of furan rings is 1. The van der Waals surface area contributed by atoms with Gasteiger partial charge in [-0.15, -0.1) is 0 Å². The highest BCUT2D eigenvalue weighted by Gasteiger charge is 2.14. The number of sulfonamides is 1. The second-order valence-electron chi connectivity index (χ2n) is 4.93. The van der Waals surface area contributed by atoms with Crippen LogP contribution in [0.4, 0.5) is 0 Å². The molecule has 25 heavy (non-hydrogen) atoms. The van der Waals surface area contributed by atoms with Crippen LogP contribution in [-0.2, 0) is 26.2 Å². The summed E-state index contributed by atoms with van der Waals surface area (Å²) in [5.74, 6) is -1.70. The highest BCUT2D eigenvalue weighted by atomic mass is 32.2. The van der Waals surface area contributed by atoms with Crippen LogP contribution in [0.3, 0.4) is 0 Å². The van der Waals surface area contributed by atoms with E-state index in [0.29, 0.717) is 17.0 Å². The molecule has 9 nitrogen and oxygen atoms in total. The molecule has 0 atom stereocenters.